The van der Waals surface area contributed by atoms with Crippen molar-refractivity contribution >= 4 is 5.91 Å². The molecule has 2 aromatic rings. The van der Waals surface area contributed by atoms with Crippen molar-refractivity contribution in [3.05, 3.63) is 34.9 Å². The molecule has 3 heterocycles. The molecule has 0 N–H and O–H groups in total. The second-order valence-corrected chi connectivity index (χ2v) is 6.29. The monoisotopic (exact) mass is 348 g/mol. The largest absolute Gasteiger partial charge is 0.466 e. The molecule has 0 aromatic carbocycles. The van der Waals surface area contributed by atoms with E-state index < -0.39 is 0 Å². The predicted molar refractivity (Wildman–Crippen MR) is 89.0 cm³/mol. The van der Waals surface area contributed by atoms with Gasteiger partial charge in [-0.15, -0.1) is 0 Å². The van der Waals surface area contributed by atoms with E-state index in [1.165, 1.54) is 0 Å². The molecule has 3 rings (SSSR count). The van der Waals surface area contributed by atoms with Crippen LogP contribution >= 0.6 is 0 Å². The van der Waals surface area contributed by atoms with Gasteiger partial charge in [0.05, 0.1) is 12.1 Å². The van der Waals surface area contributed by atoms with Crippen LogP contribution in [0.4, 0.5) is 0 Å². The minimum absolute atomic E-state index is 0.0383. The highest BCUT2D eigenvalue weighted by molar-refractivity contribution is 5.95. The standard InChI is InChI=1S/C17H24N4O4/c1-12-9-14(13(2)24-12)17(22)21-6-4-5-20(7-8-21)10-16-18-15(11-23-3)19-25-16/h9H,4-8,10-11H2,1-3H3. The molecule has 0 aliphatic carbocycles. The van der Waals surface area contributed by atoms with Crippen molar-refractivity contribution in [2.45, 2.75) is 33.4 Å². The third-order valence-electron chi connectivity index (χ3n) is 4.29. The second kappa shape index (κ2) is 7.79. The molecule has 0 spiro atoms. The van der Waals surface area contributed by atoms with Gasteiger partial charge in [0.15, 0.2) is 5.82 Å². The number of aromatic nitrogens is 2. The summed E-state index contributed by atoms with van der Waals surface area (Å²) in [5.41, 5.74) is 0.659. The molecule has 8 nitrogen and oxygen atoms in total. The highest BCUT2D eigenvalue weighted by Crippen LogP contribution is 2.17. The third-order valence-corrected chi connectivity index (χ3v) is 4.29. The molecule has 0 atom stereocenters. The van der Waals surface area contributed by atoms with E-state index in [1.807, 2.05) is 24.8 Å². The molecular weight excluding hydrogens is 324 g/mol. The number of carbonyl (C=O) groups is 1. The Hall–Kier alpha value is -2.19. The molecule has 1 amide bonds. The van der Waals surface area contributed by atoms with Crippen LogP contribution in [0, 0.1) is 13.8 Å². The number of aryl methyl sites for hydroxylation is 2. The number of methoxy groups -OCH3 is 1. The Morgan fingerprint density at radius 1 is 1.28 bits per heavy atom. The first kappa shape index (κ1) is 17.6. The quantitative estimate of drug-likeness (QED) is 0.814. The number of ether oxygens (including phenoxy) is 1. The van der Waals surface area contributed by atoms with Gasteiger partial charge in [-0.25, -0.2) is 0 Å². The van der Waals surface area contributed by atoms with E-state index in [1.54, 1.807) is 7.11 Å². The molecule has 0 bridgehead atoms. The van der Waals surface area contributed by atoms with E-state index in [0.29, 0.717) is 42.7 Å². The van der Waals surface area contributed by atoms with Gasteiger partial charge in [-0.05, 0) is 26.3 Å². The maximum Gasteiger partial charge on any atom is 0.257 e. The summed E-state index contributed by atoms with van der Waals surface area (Å²) in [7, 11) is 1.60. The molecule has 1 saturated heterocycles. The van der Waals surface area contributed by atoms with Crippen LogP contribution in [0.2, 0.25) is 0 Å². The number of nitrogens with zero attached hydrogens (tertiary/aromatic N) is 4. The van der Waals surface area contributed by atoms with E-state index in [0.717, 1.165) is 31.8 Å². The topological polar surface area (TPSA) is 84.8 Å². The first-order valence-corrected chi connectivity index (χ1v) is 8.46. The Labute approximate surface area is 146 Å². The van der Waals surface area contributed by atoms with Gasteiger partial charge in [0.2, 0.25) is 5.89 Å². The van der Waals surface area contributed by atoms with Crippen LogP contribution < -0.4 is 0 Å². The number of carbonyl (C=O) groups excluding carboxylic acids is 1. The zero-order valence-electron chi connectivity index (χ0n) is 14.9. The van der Waals surface area contributed by atoms with Crippen molar-refractivity contribution in [2.24, 2.45) is 0 Å². The minimum atomic E-state index is 0.0383. The van der Waals surface area contributed by atoms with E-state index in [4.69, 9.17) is 13.7 Å². The van der Waals surface area contributed by atoms with E-state index >= 15 is 0 Å². The summed E-state index contributed by atoms with van der Waals surface area (Å²) in [6.45, 7) is 7.67. The second-order valence-electron chi connectivity index (χ2n) is 6.29. The highest BCUT2D eigenvalue weighted by Gasteiger charge is 2.24. The Balaban J connectivity index is 1.58. The third kappa shape index (κ3) is 4.26. The van der Waals surface area contributed by atoms with Gasteiger partial charge in [0.1, 0.15) is 18.1 Å². The average molecular weight is 348 g/mol. The highest BCUT2D eigenvalue weighted by atomic mass is 16.5. The van der Waals surface area contributed by atoms with Crippen LogP contribution in [-0.4, -0.2) is 59.1 Å². The number of hydrogen-bond acceptors (Lipinski definition) is 7. The molecule has 25 heavy (non-hydrogen) atoms. The summed E-state index contributed by atoms with van der Waals surface area (Å²) in [5.74, 6) is 2.61. The zero-order valence-corrected chi connectivity index (χ0v) is 14.9. The van der Waals surface area contributed by atoms with E-state index in [-0.39, 0.29) is 5.91 Å². The van der Waals surface area contributed by atoms with Gasteiger partial charge in [-0.3, -0.25) is 9.69 Å². The lowest BCUT2D eigenvalue weighted by molar-refractivity contribution is 0.0759. The number of rotatable bonds is 5. The average Bonchev–Trinajstić information content (AvgIpc) is 3.06. The number of hydrogen-bond donors (Lipinski definition) is 0. The number of amides is 1. The SMILES string of the molecule is COCc1noc(CN2CCCN(C(=O)c3cc(C)oc3C)CC2)n1. The van der Waals surface area contributed by atoms with Crippen LogP contribution in [0.3, 0.4) is 0 Å². The fourth-order valence-electron chi connectivity index (χ4n) is 3.08. The zero-order chi connectivity index (χ0) is 17.8. The molecule has 8 heteroatoms. The normalized spacial score (nSPS) is 16.2. The van der Waals surface area contributed by atoms with Crippen molar-refractivity contribution < 1.29 is 18.5 Å². The maximum atomic E-state index is 12.7. The number of furan rings is 1. The lowest BCUT2D eigenvalue weighted by Gasteiger charge is -2.21. The summed E-state index contributed by atoms with van der Waals surface area (Å²) in [6, 6.07) is 1.82. The Kier molecular flexibility index (Phi) is 5.50. The van der Waals surface area contributed by atoms with Crippen molar-refractivity contribution in [1.29, 1.82) is 0 Å². The first-order chi connectivity index (χ1) is 12.1. The molecule has 1 aliphatic rings. The van der Waals surface area contributed by atoms with Gasteiger partial charge in [0.25, 0.3) is 5.91 Å². The summed E-state index contributed by atoms with van der Waals surface area (Å²) in [4.78, 5) is 21.1. The van der Waals surface area contributed by atoms with Crippen LogP contribution in [0.25, 0.3) is 0 Å². The predicted octanol–water partition coefficient (Wildman–Crippen LogP) is 1.77. The molecule has 1 fully saturated rings. The fraction of sp³-hybridized carbons (Fsp3) is 0.588. The van der Waals surface area contributed by atoms with Crippen molar-refractivity contribution in [1.82, 2.24) is 19.9 Å². The van der Waals surface area contributed by atoms with Crippen LogP contribution in [-0.2, 0) is 17.9 Å². The van der Waals surface area contributed by atoms with Gasteiger partial charge < -0.3 is 18.6 Å². The molecule has 1 aliphatic heterocycles. The Morgan fingerprint density at radius 3 is 2.84 bits per heavy atom. The lowest BCUT2D eigenvalue weighted by Crippen LogP contribution is -2.35. The van der Waals surface area contributed by atoms with Crippen molar-refractivity contribution in [3.8, 4) is 0 Å². The van der Waals surface area contributed by atoms with Gasteiger partial charge in [-0.2, -0.15) is 4.98 Å². The summed E-state index contributed by atoms with van der Waals surface area (Å²) in [6.07, 6.45) is 0.903. The van der Waals surface area contributed by atoms with Crippen molar-refractivity contribution in [3.63, 3.8) is 0 Å². The summed E-state index contributed by atoms with van der Waals surface area (Å²) in [5, 5.41) is 3.88. The fourth-order valence-corrected chi connectivity index (χ4v) is 3.08. The molecule has 0 radical (unpaired) electrons. The van der Waals surface area contributed by atoms with Crippen LogP contribution in [0.15, 0.2) is 15.0 Å². The van der Waals surface area contributed by atoms with Gasteiger partial charge >= 0.3 is 0 Å². The lowest BCUT2D eigenvalue weighted by atomic mass is 10.2. The van der Waals surface area contributed by atoms with Crippen LogP contribution in [0.1, 0.15) is 40.0 Å². The minimum Gasteiger partial charge on any atom is -0.466 e. The molecule has 136 valence electrons. The summed E-state index contributed by atoms with van der Waals surface area (Å²) < 4.78 is 15.7. The van der Waals surface area contributed by atoms with E-state index in [9.17, 15) is 4.79 Å². The Morgan fingerprint density at radius 2 is 2.12 bits per heavy atom. The van der Waals surface area contributed by atoms with Crippen LogP contribution in [0.5, 0.6) is 0 Å². The van der Waals surface area contributed by atoms with Crippen molar-refractivity contribution in [2.75, 3.05) is 33.3 Å². The molecule has 2 aromatic heterocycles. The van der Waals surface area contributed by atoms with E-state index in [2.05, 4.69) is 15.0 Å². The molecule has 0 unspecified atom stereocenters. The molecule has 0 saturated carbocycles. The maximum absolute atomic E-state index is 12.7. The summed E-state index contributed by atoms with van der Waals surface area (Å²) >= 11 is 0. The van der Waals surface area contributed by atoms with Gasteiger partial charge in [0, 0.05) is 33.3 Å². The first-order valence-electron chi connectivity index (χ1n) is 8.46. The van der Waals surface area contributed by atoms with Gasteiger partial charge in [-0.1, -0.05) is 5.16 Å². The molecular formula is C17H24N4O4. The smallest absolute Gasteiger partial charge is 0.257 e. The Bertz CT molecular complexity index is 724.